The average molecular weight is 337 g/mol. The number of rotatable bonds is 2. The molecule has 6 nitrogen and oxygen atoms in total. The molecule has 2 rings (SSSR count). The first-order valence-corrected chi connectivity index (χ1v) is 8.43. The molecule has 3 amide bonds. The van der Waals surface area contributed by atoms with Gasteiger partial charge in [-0.15, -0.1) is 11.3 Å². The summed E-state index contributed by atoms with van der Waals surface area (Å²) in [6.07, 6.45) is 0. The maximum Gasteiger partial charge on any atom is 0.265 e. The molecule has 0 aliphatic carbocycles. The van der Waals surface area contributed by atoms with Crippen LogP contribution >= 0.6 is 11.3 Å². The summed E-state index contributed by atoms with van der Waals surface area (Å²) in [6.45, 7) is 10.0. The Morgan fingerprint density at radius 3 is 2.65 bits per heavy atom. The van der Waals surface area contributed by atoms with Gasteiger partial charge in [-0.1, -0.05) is 20.8 Å². The summed E-state index contributed by atoms with van der Waals surface area (Å²) in [5, 5.41) is 6.25. The van der Waals surface area contributed by atoms with Crippen molar-refractivity contribution in [2.24, 2.45) is 5.41 Å². The zero-order valence-electron chi connectivity index (χ0n) is 14.1. The molecule has 0 spiro atoms. The van der Waals surface area contributed by atoms with E-state index < -0.39 is 11.5 Å². The third kappa shape index (κ3) is 3.72. The van der Waals surface area contributed by atoms with E-state index in [1.807, 2.05) is 27.7 Å². The summed E-state index contributed by atoms with van der Waals surface area (Å²) >= 11 is 1.25. The third-order valence-electron chi connectivity index (χ3n) is 3.79. The fraction of sp³-hybridized carbons (Fsp3) is 0.562. The lowest BCUT2D eigenvalue weighted by Gasteiger charge is -2.32. The molecule has 2 N–H and O–H groups in total. The highest BCUT2D eigenvalue weighted by molar-refractivity contribution is 7.18. The van der Waals surface area contributed by atoms with E-state index >= 15 is 0 Å². The Bertz CT molecular complexity index is 645. The molecular formula is C16H23N3O3S. The highest BCUT2D eigenvalue weighted by Gasteiger charge is 2.31. The summed E-state index contributed by atoms with van der Waals surface area (Å²) in [5.74, 6) is -0.394. The van der Waals surface area contributed by atoms with Crippen molar-refractivity contribution in [3.05, 3.63) is 16.5 Å². The smallest absolute Gasteiger partial charge is 0.265 e. The molecule has 1 aromatic heterocycles. The molecule has 1 atom stereocenters. The normalized spacial score (nSPS) is 18.6. The quantitative estimate of drug-likeness (QED) is 0.866. The molecule has 0 radical (unpaired) electrons. The predicted octanol–water partition coefficient (Wildman–Crippen LogP) is 2.00. The van der Waals surface area contributed by atoms with Crippen LogP contribution < -0.4 is 10.6 Å². The third-order valence-corrected chi connectivity index (χ3v) is 4.93. The molecule has 0 bridgehead atoms. The van der Waals surface area contributed by atoms with E-state index in [4.69, 9.17) is 0 Å². The van der Waals surface area contributed by atoms with E-state index in [2.05, 4.69) is 10.6 Å². The van der Waals surface area contributed by atoms with E-state index in [9.17, 15) is 14.4 Å². The van der Waals surface area contributed by atoms with Crippen LogP contribution in [0.15, 0.2) is 6.07 Å². The Morgan fingerprint density at radius 2 is 2.04 bits per heavy atom. The highest BCUT2D eigenvalue weighted by atomic mass is 32.1. The molecule has 0 unspecified atom stereocenters. The lowest BCUT2D eigenvalue weighted by atomic mass is 9.96. The monoisotopic (exact) mass is 337 g/mol. The van der Waals surface area contributed by atoms with Gasteiger partial charge in [0.05, 0.1) is 9.88 Å². The van der Waals surface area contributed by atoms with Crippen molar-refractivity contribution in [2.75, 3.05) is 18.4 Å². The van der Waals surface area contributed by atoms with Gasteiger partial charge in [-0.3, -0.25) is 14.4 Å². The molecule has 23 heavy (non-hydrogen) atoms. The minimum atomic E-state index is -0.498. The molecule has 1 fully saturated rings. The average Bonchev–Trinajstić information content (AvgIpc) is 2.81. The fourth-order valence-corrected chi connectivity index (χ4v) is 3.27. The molecule has 126 valence electrons. The number of amides is 3. The number of hydrogen-bond donors (Lipinski definition) is 2. The Balaban J connectivity index is 2.19. The van der Waals surface area contributed by atoms with Gasteiger partial charge in [-0.2, -0.15) is 0 Å². The highest BCUT2D eigenvalue weighted by Crippen LogP contribution is 2.30. The SMILES string of the molecule is Cc1cc(NC(=O)C(C)(C)C)sc1C(=O)N1CCNC(=O)[C@H]1C. The molecule has 7 heteroatoms. The minimum absolute atomic E-state index is 0.0940. The number of carbonyl (C=O) groups is 3. The summed E-state index contributed by atoms with van der Waals surface area (Å²) in [4.78, 5) is 38.7. The lowest BCUT2D eigenvalue weighted by Crippen LogP contribution is -2.55. The van der Waals surface area contributed by atoms with Crippen molar-refractivity contribution >= 4 is 34.1 Å². The van der Waals surface area contributed by atoms with Gasteiger partial charge in [0.2, 0.25) is 11.8 Å². The van der Waals surface area contributed by atoms with Crippen molar-refractivity contribution in [3.8, 4) is 0 Å². The molecule has 1 aliphatic rings. The number of thiophene rings is 1. The van der Waals surface area contributed by atoms with Crippen molar-refractivity contribution in [1.29, 1.82) is 0 Å². The van der Waals surface area contributed by atoms with E-state index in [1.54, 1.807) is 17.9 Å². The van der Waals surface area contributed by atoms with Crippen LogP contribution in [0.1, 0.15) is 42.9 Å². The van der Waals surface area contributed by atoms with Crippen molar-refractivity contribution in [1.82, 2.24) is 10.2 Å². The number of piperazine rings is 1. The number of aryl methyl sites for hydroxylation is 1. The number of carbonyl (C=O) groups excluding carboxylic acids is 3. The zero-order chi connectivity index (χ0) is 17.4. The van der Waals surface area contributed by atoms with Crippen LogP contribution in [0.25, 0.3) is 0 Å². The van der Waals surface area contributed by atoms with Gasteiger partial charge in [0.1, 0.15) is 6.04 Å². The van der Waals surface area contributed by atoms with Gasteiger partial charge in [0.15, 0.2) is 0 Å². The van der Waals surface area contributed by atoms with E-state index in [0.29, 0.717) is 23.0 Å². The molecular weight excluding hydrogens is 314 g/mol. The summed E-state index contributed by atoms with van der Waals surface area (Å²) < 4.78 is 0. The lowest BCUT2D eigenvalue weighted by molar-refractivity contribution is -0.127. The van der Waals surface area contributed by atoms with Crippen molar-refractivity contribution in [2.45, 2.75) is 40.7 Å². The second-order valence-electron chi connectivity index (χ2n) is 6.79. The molecule has 0 saturated carbocycles. The van der Waals surface area contributed by atoms with Gasteiger partial charge >= 0.3 is 0 Å². The molecule has 2 heterocycles. The molecule has 1 aliphatic heterocycles. The number of hydrogen-bond acceptors (Lipinski definition) is 4. The summed E-state index contributed by atoms with van der Waals surface area (Å²) in [7, 11) is 0. The number of nitrogens with one attached hydrogen (secondary N) is 2. The molecule has 1 saturated heterocycles. The van der Waals surface area contributed by atoms with Gasteiger partial charge < -0.3 is 15.5 Å². The Hall–Kier alpha value is -1.89. The van der Waals surface area contributed by atoms with Crippen LogP contribution in [0.4, 0.5) is 5.00 Å². The number of anilines is 1. The second-order valence-corrected chi connectivity index (χ2v) is 7.84. The minimum Gasteiger partial charge on any atom is -0.353 e. The van der Waals surface area contributed by atoms with E-state index in [0.717, 1.165) is 5.56 Å². The van der Waals surface area contributed by atoms with E-state index in [-0.39, 0.29) is 17.7 Å². The molecule has 1 aromatic rings. The zero-order valence-corrected chi connectivity index (χ0v) is 15.0. The van der Waals surface area contributed by atoms with Crippen LogP contribution in [0.3, 0.4) is 0 Å². The van der Waals surface area contributed by atoms with Crippen LogP contribution in [-0.4, -0.2) is 41.8 Å². The maximum atomic E-state index is 12.7. The maximum absolute atomic E-state index is 12.7. The Labute approximate surface area is 140 Å². The Morgan fingerprint density at radius 1 is 1.39 bits per heavy atom. The first-order valence-electron chi connectivity index (χ1n) is 7.62. The first kappa shape index (κ1) is 17.5. The topological polar surface area (TPSA) is 78.5 Å². The predicted molar refractivity (Wildman–Crippen MR) is 90.6 cm³/mol. The van der Waals surface area contributed by atoms with Crippen LogP contribution in [0, 0.1) is 12.3 Å². The summed E-state index contributed by atoms with van der Waals surface area (Å²) in [6, 6.07) is 1.32. The standard InChI is InChI=1S/C16H23N3O3S/c1-9-8-11(18-15(22)16(3,4)5)23-12(9)14(21)19-7-6-17-13(20)10(19)2/h8,10H,6-7H2,1-5H3,(H,17,20)(H,18,22)/t10-/m1/s1. The first-order chi connectivity index (χ1) is 10.6. The summed E-state index contributed by atoms with van der Waals surface area (Å²) in [5.41, 5.74) is 0.309. The van der Waals surface area contributed by atoms with Crippen molar-refractivity contribution < 1.29 is 14.4 Å². The van der Waals surface area contributed by atoms with Gasteiger partial charge in [-0.05, 0) is 25.5 Å². The van der Waals surface area contributed by atoms with Gasteiger partial charge in [0.25, 0.3) is 5.91 Å². The van der Waals surface area contributed by atoms with E-state index in [1.165, 1.54) is 11.3 Å². The van der Waals surface area contributed by atoms with Gasteiger partial charge in [-0.25, -0.2) is 0 Å². The number of nitrogens with zero attached hydrogens (tertiary/aromatic N) is 1. The van der Waals surface area contributed by atoms with Crippen LogP contribution in [0.2, 0.25) is 0 Å². The van der Waals surface area contributed by atoms with Crippen LogP contribution in [0.5, 0.6) is 0 Å². The Kier molecular flexibility index (Phi) is 4.79. The largest absolute Gasteiger partial charge is 0.353 e. The van der Waals surface area contributed by atoms with Crippen molar-refractivity contribution in [3.63, 3.8) is 0 Å². The fourth-order valence-electron chi connectivity index (χ4n) is 2.25. The van der Waals surface area contributed by atoms with Crippen LogP contribution in [-0.2, 0) is 9.59 Å². The van der Waals surface area contributed by atoms with Gasteiger partial charge in [0, 0.05) is 18.5 Å². The molecule has 0 aromatic carbocycles. The second kappa shape index (κ2) is 6.31.